The van der Waals surface area contributed by atoms with E-state index in [0.29, 0.717) is 12.3 Å². The Morgan fingerprint density at radius 1 is 1.43 bits per heavy atom. The van der Waals surface area contributed by atoms with Crippen LogP contribution in [0, 0.1) is 5.92 Å². The summed E-state index contributed by atoms with van der Waals surface area (Å²) in [6, 6.07) is 4.33. The largest absolute Gasteiger partial charge is 0.356 e. The quantitative estimate of drug-likeness (QED) is 0.723. The molecule has 1 fully saturated rings. The highest BCUT2D eigenvalue weighted by atomic mass is 32.1. The van der Waals surface area contributed by atoms with Crippen molar-refractivity contribution in [3.63, 3.8) is 0 Å². The molecule has 0 radical (unpaired) electrons. The van der Waals surface area contributed by atoms with Gasteiger partial charge in [-0.05, 0) is 63.3 Å². The number of hydrogen-bond donors (Lipinski definition) is 2. The molecule has 2 heterocycles. The standard InChI is InChI=1S/C16H27N3OS/c1-17-8-2-5-16(20)18-12-14-6-9-19(10-7-14)13-15-4-3-11-21-15/h3-4,11,14,17H,2,5-10,12-13H2,1H3,(H,18,20). The first-order valence-corrected chi connectivity index (χ1v) is 8.82. The monoisotopic (exact) mass is 309 g/mol. The minimum atomic E-state index is 0.200. The summed E-state index contributed by atoms with van der Waals surface area (Å²) in [5, 5.41) is 8.30. The summed E-state index contributed by atoms with van der Waals surface area (Å²) in [5.41, 5.74) is 0. The number of piperidine rings is 1. The minimum absolute atomic E-state index is 0.200. The lowest BCUT2D eigenvalue weighted by Crippen LogP contribution is -2.38. The lowest BCUT2D eigenvalue weighted by molar-refractivity contribution is -0.121. The van der Waals surface area contributed by atoms with Crippen molar-refractivity contribution >= 4 is 17.2 Å². The first-order valence-electron chi connectivity index (χ1n) is 7.94. The SMILES string of the molecule is CNCCCC(=O)NCC1CCN(Cc2cccs2)CC1. The van der Waals surface area contributed by atoms with E-state index in [1.54, 1.807) is 0 Å². The zero-order chi connectivity index (χ0) is 14.9. The molecule has 1 aliphatic heterocycles. The Balaban J connectivity index is 1.57. The predicted molar refractivity (Wildman–Crippen MR) is 88.5 cm³/mol. The Hall–Kier alpha value is -0.910. The molecule has 1 aromatic heterocycles. The molecule has 0 atom stereocenters. The maximum atomic E-state index is 11.7. The maximum Gasteiger partial charge on any atom is 0.220 e. The smallest absolute Gasteiger partial charge is 0.220 e. The molecule has 5 heteroatoms. The third kappa shape index (κ3) is 6.16. The second-order valence-corrected chi connectivity index (χ2v) is 6.84. The lowest BCUT2D eigenvalue weighted by atomic mass is 9.96. The van der Waals surface area contributed by atoms with Gasteiger partial charge in [0, 0.05) is 24.4 Å². The third-order valence-corrected chi connectivity index (χ3v) is 4.95. The predicted octanol–water partition coefficient (Wildman–Crippen LogP) is 2.08. The fraction of sp³-hybridized carbons (Fsp3) is 0.688. The van der Waals surface area contributed by atoms with Gasteiger partial charge < -0.3 is 10.6 Å². The molecule has 118 valence electrons. The van der Waals surface area contributed by atoms with E-state index < -0.39 is 0 Å². The second-order valence-electron chi connectivity index (χ2n) is 5.81. The van der Waals surface area contributed by atoms with Crippen LogP contribution in [0.3, 0.4) is 0 Å². The number of amides is 1. The van der Waals surface area contributed by atoms with Crippen LogP contribution in [0.4, 0.5) is 0 Å². The van der Waals surface area contributed by atoms with Crippen LogP contribution in [0.5, 0.6) is 0 Å². The molecule has 1 aromatic rings. The van der Waals surface area contributed by atoms with Crippen LogP contribution in [0.1, 0.15) is 30.6 Å². The van der Waals surface area contributed by atoms with Crippen molar-refractivity contribution in [1.82, 2.24) is 15.5 Å². The van der Waals surface area contributed by atoms with Crippen molar-refractivity contribution < 1.29 is 4.79 Å². The summed E-state index contributed by atoms with van der Waals surface area (Å²) < 4.78 is 0. The lowest BCUT2D eigenvalue weighted by Gasteiger charge is -2.31. The van der Waals surface area contributed by atoms with Crippen molar-refractivity contribution in [1.29, 1.82) is 0 Å². The third-order valence-electron chi connectivity index (χ3n) is 4.09. The van der Waals surface area contributed by atoms with Gasteiger partial charge in [-0.25, -0.2) is 0 Å². The molecule has 0 saturated carbocycles. The molecule has 1 amide bonds. The van der Waals surface area contributed by atoms with Gasteiger partial charge in [0.2, 0.25) is 5.91 Å². The van der Waals surface area contributed by atoms with Crippen molar-refractivity contribution in [3.05, 3.63) is 22.4 Å². The van der Waals surface area contributed by atoms with E-state index in [-0.39, 0.29) is 5.91 Å². The average molecular weight is 309 g/mol. The van der Waals surface area contributed by atoms with E-state index in [4.69, 9.17) is 0 Å². The first-order chi connectivity index (χ1) is 10.3. The van der Waals surface area contributed by atoms with E-state index in [2.05, 4.69) is 33.0 Å². The number of carbonyl (C=O) groups excluding carboxylic acids is 1. The van der Waals surface area contributed by atoms with E-state index in [1.807, 2.05) is 18.4 Å². The van der Waals surface area contributed by atoms with Gasteiger partial charge in [-0.2, -0.15) is 0 Å². The van der Waals surface area contributed by atoms with Gasteiger partial charge in [0.05, 0.1) is 0 Å². The Morgan fingerprint density at radius 3 is 2.90 bits per heavy atom. The summed E-state index contributed by atoms with van der Waals surface area (Å²) in [6.45, 7) is 5.15. The molecular formula is C16H27N3OS. The minimum Gasteiger partial charge on any atom is -0.356 e. The molecule has 0 unspecified atom stereocenters. The number of carbonyl (C=O) groups is 1. The summed E-state index contributed by atoms with van der Waals surface area (Å²) in [4.78, 5) is 15.7. The van der Waals surface area contributed by atoms with Crippen LogP contribution < -0.4 is 10.6 Å². The zero-order valence-corrected chi connectivity index (χ0v) is 13.8. The topological polar surface area (TPSA) is 44.4 Å². The Kier molecular flexibility index (Phi) is 7.19. The number of hydrogen-bond acceptors (Lipinski definition) is 4. The molecule has 0 aliphatic carbocycles. The van der Waals surface area contributed by atoms with Crippen molar-refractivity contribution in [2.24, 2.45) is 5.92 Å². The summed E-state index contributed by atoms with van der Waals surface area (Å²) >= 11 is 1.84. The molecule has 0 bridgehead atoms. The Labute approximate surface area is 131 Å². The number of thiophene rings is 1. The van der Waals surface area contributed by atoms with Crippen molar-refractivity contribution in [2.75, 3.05) is 33.2 Å². The normalized spacial score (nSPS) is 17.0. The fourth-order valence-corrected chi connectivity index (χ4v) is 3.49. The fourth-order valence-electron chi connectivity index (χ4n) is 2.74. The van der Waals surface area contributed by atoms with Crippen LogP contribution in [-0.2, 0) is 11.3 Å². The molecule has 21 heavy (non-hydrogen) atoms. The van der Waals surface area contributed by atoms with Gasteiger partial charge in [0.25, 0.3) is 0 Å². The molecule has 1 aliphatic rings. The van der Waals surface area contributed by atoms with Crippen molar-refractivity contribution in [2.45, 2.75) is 32.2 Å². The van der Waals surface area contributed by atoms with Crippen LogP contribution >= 0.6 is 11.3 Å². The summed E-state index contributed by atoms with van der Waals surface area (Å²) in [5.74, 6) is 0.851. The van der Waals surface area contributed by atoms with Gasteiger partial charge in [-0.1, -0.05) is 6.07 Å². The Bertz CT molecular complexity index is 400. The highest BCUT2D eigenvalue weighted by Gasteiger charge is 2.19. The van der Waals surface area contributed by atoms with Crippen LogP contribution in [0.2, 0.25) is 0 Å². The number of likely N-dealkylation sites (tertiary alicyclic amines) is 1. The van der Waals surface area contributed by atoms with Gasteiger partial charge in [-0.15, -0.1) is 11.3 Å². The molecule has 1 saturated heterocycles. The highest BCUT2D eigenvalue weighted by molar-refractivity contribution is 7.09. The first kappa shape index (κ1) is 16.5. The van der Waals surface area contributed by atoms with Crippen LogP contribution in [-0.4, -0.2) is 44.0 Å². The maximum absolute atomic E-state index is 11.7. The van der Waals surface area contributed by atoms with E-state index in [0.717, 1.165) is 39.1 Å². The van der Waals surface area contributed by atoms with Crippen LogP contribution in [0.25, 0.3) is 0 Å². The second kappa shape index (κ2) is 9.18. The molecule has 0 spiro atoms. The van der Waals surface area contributed by atoms with E-state index in [1.165, 1.54) is 17.7 Å². The van der Waals surface area contributed by atoms with Crippen molar-refractivity contribution in [3.8, 4) is 0 Å². The molecule has 2 N–H and O–H groups in total. The number of nitrogens with zero attached hydrogens (tertiary/aromatic N) is 1. The summed E-state index contributed by atoms with van der Waals surface area (Å²) in [6.07, 6.45) is 3.95. The van der Waals surface area contributed by atoms with Gasteiger partial charge in [0.15, 0.2) is 0 Å². The number of rotatable bonds is 8. The average Bonchev–Trinajstić information content (AvgIpc) is 3.00. The number of nitrogens with one attached hydrogen (secondary N) is 2. The molecular weight excluding hydrogens is 282 g/mol. The Morgan fingerprint density at radius 2 is 2.24 bits per heavy atom. The molecule has 0 aromatic carbocycles. The van der Waals surface area contributed by atoms with E-state index in [9.17, 15) is 4.79 Å². The molecule has 2 rings (SSSR count). The van der Waals surface area contributed by atoms with Gasteiger partial charge in [0.1, 0.15) is 0 Å². The zero-order valence-electron chi connectivity index (χ0n) is 12.9. The van der Waals surface area contributed by atoms with Crippen LogP contribution in [0.15, 0.2) is 17.5 Å². The van der Waals surface area contributed by atoms with Gasteiger partial charge >= 0.3 is 0 Å². The summed E-state index contributed by atoms with van der Waals surface area (Å²) in [7, 11) is 1.92. The molecule has 4 nitrogen and oxygen atoms in total. The van der Waals surface area contributed by atoms with E-state index >= 15 is 0 Å². The highest BCUT2D eigenvalue weighted by Crippen LogP contribution is 2.20. The van der Waals surface area contributed by atoms with Gasteiger partial charge in [-0.3, -0.25) is 9.69 Å².